The molecule has 0 aliphatic carbocycles. The van der Waals surface area contributed by atoms with E-state index in [9.17, 15) is 0 Å². The molecule has 1 heterocycles. The minimum absolute atomic E-state index is 0.193. The summed E-state index contributed by atoms with van der Waals surface area (Å²) in [6.07, 6.45) is 6.45. The van der Waals surface area contributed by atoms with Crippen molar-refractivity contribution in [3.63, 3.8) is 0 Å². The zero-order valence-corrected chi connectivity index (χ0v) is 12.9. The number of nitrogens with two attached hydrogens (primary N) is 1. The molecule has 0 fully saturated rings. The minimum atomic E-state index is 0.193. The van der Waals surface area contributed by atoms with Crippen LogP contribution in [0.15, 0.2) is 18.3 Å². The highest BCUT2D eigenvalue weighted by Crippen LogP contribution is 2.17. The van der Waals surface area contributed by atoms with Gasteiger partial charge in [0.25, 0.3) is 0 Å². The van der Waals surface area contributed by atoms with Gasteiger partial charge in [-0.25, -0.2) is 4.98 Å². The van der Waals surface area contributed by atoms with Crippen LogP contribution in [0.3, 0.4) is 0 Å². The smallest absolute Gasteiger partial charge is 0.128 e. The van der Waals surface area contributed by atoms with Gasteiger partial charge in [-0.15, -0.1) is 0 Å². The second-order valence-electron chi connectivity index (χ2n) is 5.51. The number of anilines is 1. The van der Waals surface area contributed by atoms with Crippen molar-refractivity contribution in [3.05, 3.63) is 23.9 Å². The van der Waals surface area contributed by atoms with Crippen LogP contribution in [0.4, 0.5) is 5.82 Å². The predicted molar refractivity (Wildman–Crippen MR) is 83.6 cm³/mol. The van der Waals surface area contributed by atoms with E-state index in [4.69, 9.17) is 5.73 Å². The Morgan fingerprint density at radius 1 is 1.26 bits per heavy atom. The topological polar surface area (TPSA) is 42.1 Å². The SMILES string of the molecule is CCCCN(c1ccc(CC(C)N)cn1)C(C)CC. The predicted octanol–water partition coefficient (Wildman–Crippen LogP) is 3.38. The third-order valence-corrected chi connectivity index (χ3v) is 3.54. The van der Waals surface area contributed by atoms with E-state index in [0.29, 0.717) is 6.04 Å². The summed E-state index contributed by atoms with van der Waals surface area (Å²) >= 11 is 0. The number of unbranched alkanes of at least 4 members (excludes halogenated alkanes) is 1. The van der Waals surface area contributed by atoms with Crippen LogP contribution in [0.5, 0.6) is 0 Å². The minimum Gasteiger partial charge on any atom is -0.354 e. The first-order valence-electron chi connectivity index (χ1n) is 7.55. The monoisotopic (exact) mass is 263 g/mol. The lowest BCUT2D eigenvalue weighted by Crippen LogP contribution is -2.34. The number of hydrogen-bond acceptors (Lipinski definition) is 3. The fourth-order valence-electron chi connectivity index (χ4n) is 2.19. The Balaban J connectivity index is 2.78. The van der Waals surface area contributed by atoms with Gasteiger partial charge in [-0.3, -0.25) is 0 Å². The second kappa shape index (κ2) is 8.16. The molecule has 3 nitrogen and oxygen atoms in total. The maximum Gasteiger partial charge on any atom is 0.128 e. The maximum absolute atomic E-state index is 5.82. The van der Waals surface area contributed by atoms with E-state index in [1.54, 1.807) is 0 Å². The molecule has 0 saturated heterocycles. The zero-order chi connectivity index (χ0) is 14.3. The van der Waals surface area contributed by atoms with Crippen LogP contribution >= 0.6 is 0 Å². The lowest BCUT2D eigenvalue weighted by Gasteiger charge is -2.29. The van der Waals surface area contributed by atoms with Crippen molar-refractivity contribution < 1.29 is 0 Å². The highest BCUT2D eigenvalue weighted by Gasteiger charge is 2.13. The molecule has 0 aliphatic rings. The molecule has 1 aromatic rings. The average Bonchev–Trinajstić information content (AvgIpc) is 2.40. The molecule has 2 unspecified atom stereocenters. The van der Waals surface area contributed by atoms with Gasteiger partial charge in [0.05, 0.1) is 0 Å². The van der Waals surface area contributed by atoms with Gasteiger partial charge in [0.2, 0.25) is 0 Å². The molecule has 0 spiro atoms. The highest BCUT2D eigenvalue weighted by molar-refractivity contribution is 5.40. The van der Waals surface area contributed by atoms with E-state index >= 15 is 0 Å². The van der Waals surface area contributed by atoms with E-state index in [2.05, 4.69) is 42.8 Å². The molecular formula is C16H29N3. The van der Waals surface area contributed by atoms with E-state index in [-0.39, 0.29) is 6.04 Å². The van der Waals surface area contributed by atoms with Crippen molar-refractivity contribution in [2.24, 2.45) is 5.73 Å². The first-order valence-corrected chi connectivity index (χ1v) is 7.55. The Morgan fingerprint density at radius 2 is 2.00 bits per heavy atom. The van der Waals surface area contributed by atoms with Gasteiger partial charge in [0.1, 0.15) is 5.82 Å². The lowest BCUT2D eigenvalue weighted by molar-refractivity contribution is 0.589. The van der Waals surface area contributed by atoms with E-state index < -0.39 is 0 Å². The molecule has 2 N–H and O–H groups in total. The molecule has 0 aromatic carbocycles. The van der Waals surface area contributed by atoms with Crippen LogP contribution in [-0.2, 0) is 6.42 Å². The van der Waals surface area contributed by atoms with E-state index in [1.807, 2.05) is 13.1 Å². The average molecular weight is 263 g/mol. The summed E-state index contributed by atoms with van der Waals surface area (Å²) in [5.74, 6) is 1.09. The van der Waals surface area contributed by atoms with Crippen LogP contribution in [0.25, 0.3) is 0 Å². The van der Waals surface area contributed by atoms with E-state index in [0.717, 1.165) is 25.2 Å². The van der Waals surface area contributed by atoms with Gasteiger partial charge in [0.15, 0.2) is 0 Å². The quantitative estimate of drug-likeness (QED) is 0.782. The highest BCUT2D eigenvalue weighted by atomic mass is 15.2. The van der Waals surface area contributed by atoms with Crippen LogP contribution in [0.2, 0.25) is 0 Å². The molecule has 19 heavy (non-hydrogen) atoms. The second-order valence-corrected chi connectivity index (χ2v) is 5.51. The third kappa shape index (κ3) is 5.19. The first kappa shape index (κ1) is 16.0. The molecule has 0 bridgehead atoms. The summed E-state index contributed by atoms with van der Waals surface area (Å²) in [5, 5.41) is 0. The summed E-state index contributed by atoms with van der Waals surface area (Å²) < 4.78 is 0. The number of rotatable bonds is 8. The molecular weight excluding hydrogens is 234 g/mol. The van der Waals surface area contributed by atoms with Crippen LogP contribution < -0.4 is 10.6 Å². The number of aromatic nitrogens is 1. The normalized spacial score (nSPS) is 14.2. The molecule has 0 aliphatic heterocycles. The Bertz CT molecular complexity index is 346. The maximum atomic E-state index is 5.82. The fraction of sp³-hybridized carbons (Fsp3) is 0.688. The van der Waals surface area contributed by atoms with Crippen molar-refractivity contribution in [2.45, 2.75) is 65.5 Å². The Hall–Kier alpha value is -1.09. The van der Waals surface area contributed by atoms with Crippen molar-refractivity contribution in [1.29, 1.82) is 0 Å². The fourth-order valence-corrected chi connectivity index (χ4v) is 2.19. The molecule has 0 saturated carbocycles. The summed E-state index contributed by atoms with van der Waals surface area (Å²) in [4.78, 5) is 7.04. The molecule has 2 atom stereocenters. The van der Waals surface area contributed by atoms with Crippen molar-refractivity contribution >= 4 is 5.82 Å². The Morgan fingerprint density at radius 3 is 2.47 bits per heavy atom. The van der Waals surface area contributed by atoms with Gasteiger partial charge >= 0.3 is 0 Å². The van der Waals surface area contributed by atoms with Crippen molar-refractivity contribution in [1.82, 2.24) is 4.98 Å². The molecule has 1 aromatic heterocycles. The van der Waals surface area contributed by atoms with Gasteiger partial charge in [-0.1, -0.05) is 26.3 Å². The summed E-state index contributed by atoms with van der Waals surface area (Å²) in [6, 6.07) is 5.03. The summed E-state index contributed by atoms with van der Waals surface area (Å²) in [6.45, 7) is 9.85. The van der Waals surface area contributed by atoms with Gasteiger partial charge < -0.3 is 10.6 Å². The Labute approximate surface area is 118 Å². The number of hydrogen-bond donors (Lipinski definition) is 1. The Kier molecular flexibility index (Phi) is 6.85. The largest absolute Gasteiger partial charge is 0.354 e. The van der Waals surface area contributed by atoms with Crippen molar-refractivity contribution in [2.75, 3.05) is 11.4 Å². The summed E-state index contributed by atoms with van der Waals surface area (Å²) in [5.41, 5.74) is 7.04. The molecule has 1 rings (SSSR count). The van der Waals surface area contributed by atoms with E-state index in [1.165, 1.54) is 18.4 Å². The van der Waals surface area contributed by atoms with Crippen LogP contribution in [0.1, 0.15) is 52.5 Å². The molecule has 0 amide bonds. The van der Waals surface area contributed by atoms with Crippen molar-refractivity contribution in [3.8, 4) is 0 Å². The lowest BCUT2D eigenvalue weighted by atomic mass is 10.1. The standard InChI is InChI=1S/C16H29N3/c1-5-7-10-19(14(4)6-2)16-9-8-15(12-18-16)11-13(3)17/h8-9,12-14H,5-7,10-11,17H2,1-4H3. The third-order valence-electron chi connectivity index (χ3n) is 3.54. The van der Waals surface area contributed by atoms with Gasteiger partial charge in [0, 0.05) is 24.8 Å². The number of pyridine rings is 1. The first-order chi connectivity index (χ1) is 9.08. The van der Waals surface area contributed by atoms with Crippen LogP contribution in [-0.4, -0.2) is 23.6 Å². The van der Waals surface area contributed by atoms with Crippen LogP contribution in [0, 0.1) is 0 Å². The summed E-state index contributed by atoms with van der Waals surface area (Å²) in [7, 11) is 0. The van der Waals surface area contributed by atoms with Gasteiger partial charge in [-0.05, 0) is 44.7 Å². The molecule has 3 heteroatoms. The van der Waals surface area contributed by atoms with Gasteiger partial charge in [-0.2, -0.15) is 0 Å². The number of nitrogens with zero attached hydrogens (tertiary/aromatic N) is 2. The molecule has 108 valence electrons. The molecule has 0 radical (unpaired) electrons. The zero-order valence-electron chi connectivity index (χ0n) is 12.9.